The van der Waals surface area contributed by atoms with Crippen LogP contribution in [0.4, 0.5) is 0 Å². The van der Waals surface area contributed by atoms with Gasteiger partial charge in [0.2, 0.25) is 0 Å². The number of nitrogens with zero attached hydrogens (tertiary/aromatic N) is 2. The van der Waals surface area contributed by atoms with Crippen molar-refractivity contribution in [2.45, 2.75) is 44.4 Å². The molecule has 5 fully saturated rings. The zero-order chi connectivity index (χ0) is 17.4. The monoisotopic (exact) mass is 370 g/mol. The van der Waals surface area contributed by atoms with Crippen LogP contribution in [-0.2, 0) is 4.79 Å². The Hall–Kier alpha value is -1.36. The molecule has 1 aromatic heterocycles. The molecule has 5 saturated carbocycles. The summed E-state index contributed by atoms with van der Waals surface area (Å²) in [7, 11) is 0. The minimum atomic E-state index is -1.19. The van der Waals surface area contributed by atoms with Gasteiger partial charge in [0.15, 0.2) is 5.41 Å². The highest BCUT2D eigenvalue weighted by Crippen LogP contribution is 2.70. The molecule has 2 atom stereocenters. The van der Waals surface area contributed by atoms with Gasteiger partial charge in [0.1, 0.15) is 5.78 Å². The van der Waals surface area contributed by atoms with Gasteiger partial charge in [-0.1, -0.05) is 11.6 Å². The minimum absolute atomic E-state index is 0.212. The summed E-state index contributed by atoms with van der Waals surface area (Å²) < 4.78 is 0.646. The molecule has 0 amide bonds. The summed E-state index contributed by atoms with van der Waals surface area (Å²) in [6.07, 6.45) is 6.80. The van der Waals surface area contributed by atoms with E-state index in [4.69, 9.17) is 11.6 Å². The number of Topliss-reactive ketones (excluding diaryl/α,β-unsaturated/α-hetero) is 1. The topological polar surface area (TPSA) is 64.7 Å². The van der Waals surface area contributed by atoms with Crippen molar-refractivity contribution in [2.75, 3.05) is 0 Å². The standard InChI is InChI=1S/C20H19ClN2OS/c21-15-2-1-14(25-15)16-17(20(16,9-22)10-23)18(24)19-6-11-3-12(7-19)5-13(4-11)8-19/h1-2,11-13,16-17H,3-8H2/t11?,12?,13?,16-,17-,19?/m0/s1. The van der Waals surface area contributed by atoms with Crippen LogP contribution in [-0.4, -0.2) is 5.78 Å². The van der Waals surface area contributed by atoms with Gasteiger partial charge in [0, 0.05) is 16.2 Å². The van der Waals surface area contributed by atoms with Gasteiger partial charge in [-0.05, 0) is 68.4 Å². The van der Waals surface area contributed by atoms with Crippen molar-refractivity contribution in [2.24, 2.45) is 34.5 Å². The van der Waals surface area contributed by atoms with Crippen LogP contribution in [0.5, 0.6) is 0 Å². The van der Waals surface area contributed by atoms with E-state index in [0.717, 1.165) is 24.1 Å². The number of thiophene rings is 1. The molecule has 5 aliphatic carbocycles. The van der Waals surface area contributed by atoms with E-state index in [9.17, 15) is 15.3 Å². The lowest BCUT2D eigenvalue weighted by molar-refractivity contribution is -0.145. The van der Waals surface area contributed by atoms with Crippen LogP contribution < -0.4 is 0 Å². The summed E-state index contributed by atoms with van der Waals surface area (Å²) in [5, 5.41) is 19.5. The van der Waals surface area contributed by atoms with Crippen molar-refractivity contribution >= 4 is 28.7 Å². The lowest BCUT2D eigenvalue weighted by Gasteiger charge is -2.56. The van der Waals surface area contributed by atoms with Gasteiger partial charge in [0.05, 0.1) is 22.4 Å². The fraction of sp³-hybridized carbons (Fsp3) is 0.650. The van der Waals surface area contributed by atoms with Crippen LogP contribution in [0.25, 0.3) is 0 Å². The Bertz CT molecular complexity index is 795. The molecule has 0 N–H and O–H groups in total. The lowest BCUT2D eigenvalue weighted by atomic mass is 9.48. The maximum atomic E-state index is 13.7. The first-order chi connectivity index (χ1) is 12.0. The molecule has 0 saturated heterocycles. The first kappa shape index (κ1) is 15.9. The predicted octanol–water partition coefficient (Wildman–Crippen LogP) is 4.93. The smallest absolute Gasteiger partial charge is 0.162 e. The van der Waals surface area contributed by atoms with Crippen LogP contribution >= 0.6 is 22.9 Å². The molecule has 25 heavy (non-hydrogen) atoms. The SMILES string of the molecule is N#CC1(C#N)[C@H](C(=O)C23CC4CC(CC(C4)C2)C3)[C@@H]1c1ccc(Cl)s1. The molecule has 0 aromatic carbocycles. The average molecular weight is 371 g/mol. The average Bonchev–Trinajstić information content (AvgIpc) is 3.07. The molecule has 0 unspecified atom stereocenters. The molecule has 0 spiro atoms. The van der Waals surface area contributed by atoms with Gasteiger partial charge in [0.25, 0.3) is 0 Å². The van der Waals surface area contributed by atoms with Crippen molar-refractivity contribution in [1.29, 1.82) is 10.5 Å². The van der Waals surface area contributed by atoms with Gasteiger partial charge < -0.3 is 0 Å². The summed E-state index contributed by atoms with van der Waals surface area (Å²) in [6, 6.07) is 8.09. The summed E-state index contributed by atoms with van der Waals surface area (Å²) in [5.74, 6) is 1.50. The zero-order valence-electron chi connectivity index (χ0n) is 13.9. The van der Waals surface area contributed by atoms with Crippen molar-refractivity contribution in [1.82, 2.24) is 0 Å². The molecule has 5 heteroatoms. The summed E-state index contributed by atoms with van der Waals surface area (Å²) in [5.41, 5.74) is -1.44. The highest BCUT2D eigenvalue weighted by Gasteiger charge is 2.74. The fourth-order valence-electron chi connectivity index (χ4n) is 6.68. The third-order valence-electron chi connectivity index (χ3n) is 7.32. The second kappa shape index (κ2) is 5.09. The highest BCUT2D eigenvalue weighted by atomic mass is 35.5. The molecule has 1 heterocycles. The molecular formula is C20H19ClN2OS. The second-order valence-corrected chi connectivity index (χ2v) is 10.5. The Morgan fingerprint density at radius 1 is 1.08 bits per heavy atom. The molecule has 0 aliphatic heterocycles. The van der Waals surface area contributed by atoms with E-state index in [1.807, 2.05) is 6.07 Å². The zero-order valence-corrected chi connectivity index (χ0v) is 15.4. The van der Waals surface area contributed by atoms with Crippen LogP contribution in [0.2, 0.25) is 4.34 Å². The van der Waals surface area contributed by atoms with E-state index in [-0.39, 0.29) is 17.1 Å². The minimum Gasteiger partial charge on any atom is -0.299 e. The summed E-state index contributed by atoms with van der Waals surface area (Å²) in [6.45, 7) is 0. The number of nitriles is 2. The van der Waals surface area contributed by atoms with Crippen molar-refractivity contribution < 1.29 is 4.79 Å². The van der Waals surface area contributed by atoms with Crippen molar-refractivity contribution in [3.63, 3.8) is 0 Å². The third kappa shape index (κ3) is 2.05. The van der Waals surface area contributed by atoms with Crippen LogP contribution in [0.1, 0.15) is 49.3 Å². The number of hydrogen-bond donors (Lipinski definition) is 0. The van der Waals surface area contributed by atoms with E-state index in [1.165, 1.54) is 30.6 Å². The number of rotatable bonds is 3. The Kier molecular flexibility index (Phi) is 3.23. The quantitative estimate of drug-likeness (QED) is 0.757. The van der Waals surface area contributed by atoms with Crippen LogP contribution in [0, 0.1) is 57.2 Å². The van der Waals surface area contributed by atoms with E-state index in [2.05, 4.69) is 12.1 Å². The van der Waals surface area contributed by atoms with Crippen LogP contribution in [0.15, 0.2) is 12.1 Å². The van der Waals surface area contributed by atoms with Gasteiger partial charge in [-0.15, -0.1) is 11.3 Å². The Morgan fingerprint density at radius 2 is 1.64 bits per heavy atom. The number of carbonyl (C=O) groups excluding carboxylic acids is 1. The molecule has 0 radical (unpaired) electrons. The summed E-state index contributed by atoms with van der Waals surface area (Å²) in [4.78, 5) is 14.6. The van der Waals surface area contributed by atoms with E-state index in [1.54, 1.807) is 6.07 Å². The summed E-state index contributed by atoms with van der Waals surface area (Å²) >= 11 is 7.46. The van der Waals surface area contributed by atoms with Gasteiger partial charge >= 0.3 is 0 Å². The van der Waals surface area contributed by atoms with Crippen LogP contribution in [0.3, 0.4) is 0 Å². The molecular weight excluding hydrogens is 352 g/mol. The molecule has 128 valence electrons. The van der Waals surface area contributed by atoms with Crippen molar-refractivity contribution in [3.05, 3.63) is 21.3 Å². The molecule has 1 aromatic rings. The van der Waals surface area contributed by atoms with Gasteiger partial charge in [-0.3, -0.25) is 4.79 Å². The number of halogens is 1. The molecule has 3 nitrogen and oxygen atoms in total. The molecule has 6 rings (SSSR count). The van der Waals surface area contributed by atoms with E-state index < -0.39 is 11.3 Å². The normalized spacial score (nSPS) is 42.6. The van der Waals surface area contributed by atoms with Gasteiger partial charge in [-0.25, -0.2) is 0 Å². The Labute approximate surface area is 156 Å². The second-order valence-electron chi connectivity index (χ2n) is 8.75. The molecule has 5 aliphatic rings. The largest absolute Gasteiger partial charge is 0.299 e. The molecule has 4 bridgehead atoms. The lowest BCUT2D eigenvalue weighted by Crippen LogP contribution is -2.50. The first-order valence-corrected chi connectivity index (χ1v) is 10.3. The third-order valence-corrected chi connectivity index (χ3v) is 8.63. The van der Waals surface area contributed by atoms with E-state index >= 15 is 0 Å². The first-order valence-electron chi connectivity index (χ1n) is 9.13. The van der Waals surface area contributed by atoms with E-state index in [0.29, 0.717) is 22.1 Å². The number of carbonyl (C=O) groups is 1. The number of ketones is 1. The maximum absolute atomic E-state index is 13.7. The van der Waals surface area contributed by atoms with Crippen molar-refractivity contribution in [3.8, 4) is 12.1 Å². The predicted molar refractivity (Wildman–Crippen MR) is 94.8 cm³/mol. The number of hydrogen-bond acceptors (Lipinski definition) is 4. The Balaban J connectivity index is 1.51. The fourth-order valence-corrected chi connectivity index (χ4v) is 7.95. The Morgan fingerprint density at radius 3 is 2.08 bits per heavy atom. The maximum Gasteiger partial charge on any atom is 0.162 e. The highest BCUT2D eigenvalue weighted by molar-refractivity contribution is 7.16. The van der Waals surface area contributed by atoms with Gasteiger partial charge in [-0.2, -0.15) is 10.5 Å².